The van der Waals surface area contributed by atoms with E-state index in [0.717, 1.165) is 5.75 Å². The topological polar surface area (TPSA) is 12.2 Å². The number of hydrogen-bond donors (Lipinski definition) is 0. The minimum Gasteiger partial charge on any atom is -0.429 e. The van der Waals surface area contributed by atoms with Crippen molar-refractivity contribution in [3.05, 3.63) is 58.1 Å². The van der Waals surface area contributed by atoms with Crippen LogP contribution in [0.4, 0.5) is 5.69 Å². The van der Waals surface area contributed by atoms with Crippen molar-refractivity contribution in [3.8, 4) is 5.75 Å². The summed E-state index contributed by atoms with van der Waals surface area (Å²) in [5.74, 6) is 1.03. The number of hydrogen-bond acceptors (Lipinski definition) is 1. The van der Waals surface area contributed by atoms with Gasteiger partial charge in [0.1, 0.15) is 0 Å². The first-order chi connectivity index (χ1) is 12.0. The van der Waals surface area contributed by atoms with Crippen LogP contribution in [0, 0.1) is 13.8 Å². The van der Waals surface area contributed by atoms with E-state index in [2.05, 4.69) is 96.5 Å². The lowest BCUT2D eigenvalue weighted by molar-refractivity contribution is -0.452. The van der Waals surface area contributed by atoms with Gasteiger partial charge in [-0.3, -0.25) is 0 Å². The molecule has 1 aliphatic rings. The van der Waals surface area contributed by atoms with E-state index in [9.17, 15) is 0 Å². The van der Waals surface area contributed by atoms with Gasteiger partial charge < -0.3 is 4.74 Å². The Hall–Kier alpha value is -2.09. The summed E-state index contributed by atoms with van der Waals surface area (Å²) < 4.78 is 8.42. The second-order valence-electron chi connectivity index (χ2n) is 9.60. The van der Waals surface area contributed by atoms with Gasteiger partial charge in [-0.15, -0.1) is 0 Å². The molecule has 2 aromatic carbocycles. The zero-order valence-corrected chi connectivity index (χ0v) is 17.5. The van der Waals surface area contributed by atoms with Crippen LogP contribution in [0.25, 0.3) is 0 Å². The molecule has 3 rings (SSSR count). The Morgan fingerprint density at radius 2 is 1.62 bits per heavy atom. The molecular formula is C24H32NO+. The molecule has 1 aliphatic heterocycles. The second-order valence-corrected chi connectivity index (χ2v) is 9.60. The Balaban J connectivity index is 2.21. The van der Waals surface area contributed by atoms with E-state index < -0.39 is 0 Å². The van der Waals surface area contributed by atoms with Crippen molar-refractivity contribution in [1.29, 1.82) is 0 Å². The van der Waals surface area contributed by atoms with Gasteiger partial charge >= 0.3 is 0 Å². The highest BCUT2D eigenvalue weighted by Crippen LogP contribution is 2.44. The van der Waals surface area contributed by atoms with Crippen LogP contribution in [0.2, 0.25) is 0 Å². The SMILES string of the molecule is Cc1ccc(C)c(/C=[N+]2/COc3c2cc(C(C)(C)C)cc3C(C)(C)C)c1. The van der Waals surface area contributed by atoms with Crippen LogP contribution in [-0.4, -0.2) is 17.5 Å². The standard InChI is InChI=1S/C24H32NO/c1-16-9-10-17(2)18(11-16)14-25-15-26-22-20(24(6,7)8)12-19(13-21(22)25)23(3,4)5/h9-14H,15H2,1-8H3/q+1/b25-14-. The van der Waals surface area contributed by atoms with Gasteiger partial charge in [-0.05, 0) is 41.9 Å². The number of nitrogens with zero attached hydrogens (tertiary/aromatic N) is 1. The van der Waals surface area contributed by atoms with Crippen LogP contribution in [-0.2, 0) is 10.8 Å². The molecule has 0 N–H and O–H groups in total. The molecule has 2 nitrogen and oxygen atoms in total. The first kappa shape index (κ1) is 18.7. The smallest absolute Gasteiger partial charge is 0.293 e. The van der Waals surface area contributed by atoms with Crippen LogP contribution in [0.1, 0.15) is 69.4 Å². The van der Waals surface area contributed by atoms with E-state index in [-0.39, 0.29) is 10.8 Å². The lowest BCUT2D eigenvalue weighted by Gasteiger charge is -2.25. The fourth-order valence-electron chi connectivity index (χ4n) is 3.35. The van der Waals surface area contributed by atoms with Crippen molar-refractivity contribution in [2.75, 3.05) is 6.73 Å². The van der Waals surface area contributed by atoms with Crippen LogP contribution in [0.5, 0.6) is 5.75 Å². The van der Waals surface area contributed by atoms with Crippen LogP contribution in [0.3, 0.4) is 0 Å². The fourth-order valence-corrected chi connectivity index (χ4v) is 3.35. The molecule has 0 unspecified atom stereocenters. The molecule has 0 fully saturated rings. The molecule has 2 aromatic rings. The molecule has 0 aliphatic carbocycles. The van der Waals surface area contributed by atoms with Gasteiger partial charge in [0, 0.05) is 17.2 Å². The van der Waals surface area contributed by atoms with Gasteiger partial charge in [0.05, 0.1) is 0 Å². The first-order valence-electron chi connectivity index (χ1n) is 9.47. The third-order valence-electron chi connectivity index (χ3n) is 5.13. The Labute approximate surface area is 158 Å². The minimum atomic E-state index is 0.0423. The summed E-state index contributed by atoms with van der Waals surface area (Å²) in [5, 5.41) is 0. The van der Waals surface area contributed by atoms with E-state index in [1.54, 1.807) is 0 Å². The summed E-state index contributed by atoms with van der Waals surface area (Å²) in [6.45, 7) is 18.5. The summed E-state index contributed by atoms with van der Waals surface area (Å²) >= 11 is 0. The third kappa shape index (κ3) is 3.56. The van der Waals surface area contributed by atoms with Gasteiger partial charge in [-0.25, -0.2) is 0 Å². The van der Waals surface area contributed by atoms with Gasteiger partial charge in [-0.2, -0.15) is 4.58 Å². The van der Waals surface area contributed by atoms with E-state index >= 15 is 0 Å². The Morgan fingerprint density at radius 3 is 2.23 bits per heavy atom. The molecule has 0 bridgehead atoms. The van der Waals surface area contributed by atoms with Gasteiger partial charge in [0.2, 0.25) is 5.75 Å². The van der Waals surface area contributed by atoms with E-state index in [4.69, 9.17) is 4.74 Å². The van der Waals surface area contributed by atoms with E-state index in [1.165, 1.54) is 33.5 Å². The highest BCUT2D eigenvalue weighted by Gasteiger charge is 2.34. The maximum Gasteiger partial charge on any atom is 0.293 e. The highest BCUT2D eigenvalue weighted by atomic mass is 16.5. The largest absolute Gasteiger partial charge is 0.429 e. The summed E-state index contributed by atoms with van der Waals surface area (Å²) in [4.78, 5) is 0. The van der Waals surface area contributed by atoms with Crippen molar-refractivity contribution in [2.45, 2.75) is 66.2 Å². The molecular weight excluding hydrogens is 318 g/mol. The number of benzene rings is 2. The lowest BCUT2D eigenvalue weighted by Crippen LogP contribution is -2.17. The maximum atomic E-state index is 6.17. The summed E-state index contributed by atoms with van der Waals surface area (Å²) in [7, 11) is 0. The molecule has 0 saturated heterocycles. The monoisotopic (exact) mass is 350 g/mol. The minimum absolute atomic E-state index is 0.0423. The fraction of sp³-hybridized carbons (Fsp3) is 0.458. The Bertz CT molecular complexity index is 876. The zero-order chi connectivity index (χ0) is 19.3. The quantitative estimate of drug-likeness (QED) is 0.574. The molecule has 1 heterocycles. The zero-order valence-electron chi connectivity index (χ0n) is 17.5. The lowest BCUT2D eigenvalue weighted by atomic mass is 9.80. The molecule has 0 amide bonds. The molecule has 0 radical (unpaired) electrons. The average Bonchev–Trinajstić information content (AvgIpc) is 2.91. The number of rotatable bonds is 1. The Morgan fingerprint density at radius 1 is 0.923 bits per heavy atom. The number of ether oxygens (including phenoxy) is 1. The van der Waals surface area contributed by atoms with Crippen LogP contribution >= 0.6 is 0 Å². The van der Waals surface area contributed by atoms with Crippen LogP contribution < -0.4 is 4.74 Å². The predicted octanol–water partition coefficient (Wildman–Crippen LogP) is 6.01. The number of aryl methyl sites for hydroxylation is 2. The van der Waals surface area contributed by atoms with E-state index in [1.807, 2.05) is 0 Å². The Kier molecular flexibility index (Phi) is 4.50. The van der Waals surface area contributed by atoms with Crippen LogP contribution in [0.15, 0.2) is 30.3 Å². The predicted molar refractivity (Wildman–Crippen MR) is 110 cm³/mol. The molecule has 0 atom stereocenters. The second kappa shape index (κ2) is 6.26. The van der Waals surface area contributed by atoms with Gasteiger partial charge in [-0.1, -0.05) is 65.3 Å². The van der Waals surface area contributed by atoms with Crippen molar-refractivity contribution in [3.63, 3.8) is 0 Å². The summed E-state index contributed by atoms with van der Waals surface area (Å²) in [6.07, 6.45) is 2.23. The highest BCUT2D eigenvalue weighted by molar-refractivity contribution is 5.80. The first-order valence-corrected chi connectivity index (χ1v) is 9.47. The van der Waals surface area contributed by atoms with Crippen molar-refractivity contribution >= 4 is 11.9 Å². The molecule has 2 heteroatoms. The van der Waals surface area contributed by atoms with E-state index in [0.29, 0.717) is 6.73 Å². The third-order valence-corrected chi connectivity index (χ3v) is 5.13. The number of fused-ring (bicyclic) bond motifs is 1. The normalized spacial score (nSPS) is 15.9. The maximum absolute atomic E-state index is 6.17. The molecule has 0 spiro atoms. The molecule has 138 valence electrons. The van der Waals surface area contributed by atoms with Crippen molar-refractivity contribution < 1.29 is 9.31 Å². The van der Waals surface area contributed by atoms with Crippen molar-refractivity contribution in [1.82, 2.24) is 0 Å². The molecule has 26 heavy (non-hydrogen) atoms. The molecule has 0 aromatic heterocycles. The summed E-state index contributed by atoms with van der Waals surface area (Å²) in [5.41, 5.74) is 7.78. The van der Waals surface area contributed by atoms with Gasteiger partial charge in [0.15, 0.2) is 6.21 Å². The van der Waals surface area contributed by atoms with Gasteiger partial charge in [0.25, 0.3) is 12.4 Å². The molecule has 0 saturated carbocycles. The summed E-state index contributed by atoms with van der Waals surface area (Å²) in [6, 6.07) is 11.2. The van der Waals surface area contributed by atoms with Crippen molar-refractivity contribution in [2.24, 2.45) is 0 Å². The average molecular weight is 351 g/mol.